The second kappa shape index (κ2) is 5.00. The summed E-state index contributed by atoms with van der Waals surface area (Å²) < 4.78 is 0. The molecule has 0 N–H and O–H groups in total. The van der Waals surface area contributed by atoms with Gasteiger partial charge < -0.3 is 4.90 Å². The van der Waals surface area contributed by atoms with Crippen molar-refractivity contribution < 1.29 is 4.79 Å². The minimum atomic E-state index is -0.01000. The number of carbonyl (C=O) groups excluding carboxylic acids is 1. The van der Waals surface area contributed by atoms with E-state index in [0.29, 0.717) is 5.56 Å². The summed E-state index contributed by atoms with van der Waals surface area (Å²) in [6.45, 7) is 3.84. The number of nitrogens with zero attached hydrogens (tertiary/aromatic N) is 2. The van der Waals surface area contributed by atoms with Crippen LogP contribution in [0.3, 0.4) is 0 Å². The molecule has 1 amide bonds. The van der Waals surface area contributed by atoms with E-state index in [1.807, 2.05) is 44.2 Å². The Balaban J connectivity index is 2.35. The Morgan fingerprint density at radius 1 is 1.11 bits per heavy atom. The molecular formula is C15H16N2O. The maximum Gasteiger partial charge on any atom is 0.258 e. The first-order chi connectivity index (χ1) is 8.61. The Hall–Kier alpha value is -2.16. The van der Waals surface area contributed by atoms with Crippen LogP contribution in [0.4, 0.5) is 5.69 Å². The fraction of sp³-hybridized carbons (Fsp3) is 0.200. The zero-order valence-electron chi connectivity index (χ0n) is 10.8. The summed E-state index contributed by atoms with van der Waals surface area (Å²) in [6.07, 6.45) is 1.67. The van der Waals surface area contributed by atoms with Gasteiger partial charge in [0.1, 0.15) is 0 Å². The lowest BCUT2D eigenvalue weighted by Crippen LogP contribution is -2.27. The van der Waals surface area contributed by atoms with Gasteiger partial charge in [-0.05, 0) is 37.6 Å². The third-order valence-corrected chi connectivity index (χ3v) is 3.13. The normalized spacial score (nSPS) is 10.2. The van der Waals surface area contributed by atoms with E-state index in [0.717, 1.165) is 16.9 Å². The first-order valence-corrected chi connectivity index (χ1v) is 5.86. The average molecular weight is 240 g/mol. The molecule has 0 fully saturated rings. The van der Waals surface area contributed by atoms with Gasteiger partial charge in [0.15, 0.2) is 0 Å². The van der Waals surface area contributed by atoms with Crippen molar-refractivity contribution in [2.75, 3.05) is 11.9 Å². The van der Waals surface area contributed by atoms with E-state index in [4.69, 9.17) is 0 Å². The van der Waals surface area contributed by atoms with E-state index in [1.165, 1.54) is 0 Å². The van der Waals surface area contributed by atoms with Crippen molar-refractivity contribution in [3.63, 3.8) is 0 Å². The largest absolute Gasteiger partial charge is 0.311 e. The number of anilines is 1. The molecule has 0 bridgehead atoms. The van der Waals surface area contributed by atoms with Crippen LogP contribution in [0.5, 0.6) is 0 Å². The Morgan fingerprint density at radius 2 is 1.78 bits per heavy atom. The van der Waals surface area contributed by atoms with Gasteiger partial charge in [0.2, 0.25) is 0 Å². The van der Waals surface area contributed by atoms with E-state index >= 15 is 0 Å². The molecule has 0 saturated heterocycles. The average Bonchev–Trinajstić information content (AvgIpc) is 2.41. The van der Waals surface area contributed by atoms with Crippen molar-refractivity contribution in [3.05, 3.63) is 59.4 Å². The molecule has 0 aliphatic carbocycles. The molecule has 0 saturated carbocycles. The molecule has 18 heavy (non-hydrogen) atoms. The number of aryl methyl sites for hydroxylation is 1. The highest BCUT2D eigenvalue weighted by atomic mass is 16.2. The summed E-state index contributed by atoms with van der Waals surface area (Å²) in [6, 6.07) is 11.4. The predicted molar refractivity (Wildman–Crippen MR) is 72.9 cm³/mol. The highest BCUT2D eigenvalue weighted by Gasteiger charge is 2.16. The summed E-state index contributed by atoms with van der Waals surface area (Å²) in [5.41, 5.74) is 3.41. The van der Waals surface area contributed by atoms with Crippen molar-refractivity contribution in [2.24, 2.45) is 0 Å². The number of para-hydroxylation sites is 1. The van der Waals surface area contributed by atoms with Crippen LogP contribution in [-0.4, -0.2) is 17.9 Å². The highest BCUT2D eigenvalue weighted by molar-refractivity contribution is 6.06. The van der Waals surface area contributed by atoms with Crippen LogP contribution in [0.1, 0.15) is 21.6 Å². The summed E-state index contributed by atoms with van der Waals surface area (Å²) in [4.78, 5) is 18.3. The molecule has 0 radical (unpaired) electrons. The van der Waals surface area contributed by atoms with Crippen LogP contribution in [0.25, 0.3) is 0 Å². The van der Waals surface area contributed by atoms with Crippen LogP contribution in [0.2, 0.25) is 0 Å². The zero-order chi connectivity index (χ0) is 13.1. The maximum absolute atomic E-state index is 12.4. The third kappa shape index (κ3) is 2.25. The van der Waals surface area contributed by atoms with Crippen LogP contribution < -0.4 is 4.90 Å². The first kappa shape index (κ1) is 12.3. The molecule has 0 spiro atoms. The molecule has 0 aliphatic rings. The number of rotatable bonds is 2. The number of pyridine rings is 1. The molecule has 92 valence electrons. The minimum absolute atomic E-state index is 0.01000. The zero-order valence-corrected chi connectivity index (χ0v) is 10.8. The molecule has 3 nitrogen and oxygen atoms in total. The topological polar surface area (TPSA) is 33.2 Å². The van der Waals surface area contributed by atoms with Gasteiger partial charge in [-0.25, -0.2) is 0 Å². The monoisotopic (exact) mass is 240 g/mol. The van der Waals surface area contributed by atoms with Crippen molar-refractivity contribution >= 4 is 11.6 Å². The van der Waals surface area contributed by atoms with Gasteiger partial charge in [-0.1, -0.05) is 18.2 Å². The summed E-state index contributed by atoms with van der Waals surface area (Å²) in [5, 5.41) is 0. The third-order valence-electron chi connectivity index (χ3n) is 3.13. The molecule has 3 heteroatoms. The molecular weight excluding hydrogens is 224 g/mol. The van der Waals surface area contributed by atoms with Crippen molar-refractivity contribution in [3.8, 4) is 0 Å². The molecule has 0 unspecified atom stereocenters. The van der Waals surface area contributed by atoms with E-state index in [9.17, 15) is 4.79 Å². The van der Waals surface area contributed by atoms with E-state index < -0.39 is 0 Å². The molecule has 0 aliphatic heterocycles. The number of carbonyl (C=O) groups is 1. The van der Waals surface area contributed by atoms with Crippen molar-refractivity contribution in [2.45, 2.75) is 13.8 Å². The lowest BCUT2D eigenvalue weighted by Gasteiger charge is -2.18. The minimum Gasteiger partial charge on any atom is -0.311 e. The Morgan fingerprint density at radius 3 is 2.44 bits per heavy atom. The van der Waals surface area contributed by atoms with Gasteiger partial charge in [-0.3, -0.25) is 9.78 Å². The first-order valence-electron chi connectivity index (χ1n) is 5.86. The maximum atomic E-state index is 12.4. The van der Waals surface area contributed by atoms with Crippen molar-refractivity contribution in [1.82, 2.24) is 4.98 Å². The van der Waals surface area contributed by atoms with Gasteiger partial charge in [-0.2, -0.15) is 0 Å². The standard InChI is InChI=1S/C15H16N2O/c1-11-12(2)16-10-9-14(11)15(18)17(3)13-7-5-4-6-8-13/h4-10H,1-3H3. The van der Waals surface area contributed by atoms with Gasteiger partial charge >= 0.3 is 0 Å². The quantitative estimate of drug-likeness (QED) is 0.808. The number of amides is 1. The number of aromatic nitrogens is 1. The van der Waals surface area contributed by atoms with Gasteiger partial charge in [0.05, 0.1) is 0 Å². The lowest BCUT2D eigenvalue weighted by molar-refractivity contribution is 0.0992. The summed E-state index contributed by atoms with van der Waals surface area (Å²) in [5.74, 6) is -0.01000. The van der Waals surface area contributed by atoms with Gasteiger partial charge in [0.25, 0.3) is 5.91 Å². The molecule has 1 heterocycles. The number of hydrogen-bond donors (Lipinski definition) is 0. The molecule has 2 rings (SSSR count). The van der Waals surface area contributed by atoms with Crippen LogP contribution in [0, 0.1) is 13.8 Å². The van der Waals surface area contributed by atoms with Crippen LogP contribution >= 0.6 is 0 Å². The van der Waals surface area contributed by atoms with Gasteiger partial charge in [-0.15, -0.1) is 0 Å². The highest BCUT2D eigenvalue weighted by Crippen LogP contribution is 2.17. The van der Waals surface area contributed by atoms with Crippen LogP contribution in [0.15, 0.2) is 42.6 Å². The molecule has 1 aromatic carbocycles. The molecule has 2 aromatic rings. The van der Waals surface area contributed by atoms with Crippen molar-refractivity contribution in [1.29, 1.82) is 0 Å². The Labute approximate surface area is 107 Å². The van der Waals surface area contributed by atoms with Gasteiger partial charge in [0, 0.05) is 30.2 Å². The Kier molecular flexibility index (Phi) is 3.42. The predicted octanol–water partition coefficient (Wildman–Crippen LogP) is 2.98. The second-order valence-corrected chi connectivity index (χ2v) is 4.27. The molecule has 0 atom stereocenters. The summed E-state index contributed by atoms with van der Waals surface area (Å²) in [7, 11) is 1.78. The van der Waals surface area contributed by atoms with E-state index in [1.54, 1.807) is 24.2 Å². The fourth-order valence-electron chi connectivity index (χ4n) is 1.82. The smallest absolute Gasteiger partial charge is 0.258 e. The van der Waals surface area contributed by atoms with Crippen LogP contribution in [-0.2, 0) is 0 Å². The number of hydrogen-bond acceptors (Lipinski definition) is 2. The number of benzene rings is 1. The van der Waals surface area contributed by atoms with E-state index in [2.05, 4.69) is 4.98 Å². The SMILES string of the molecule is Cc1nccc(C(=O)N(C)c2ccccc2)c1C. The molecule has 1 aromatic heterocycles. The Bertz CT molecular complexity index is 564. The second-order valence-electron chi connectivity index (χ2n) is 4.27. The van der Waals surface area contributed by atoms with E-state index in [-0.39, 0.29) is 5.91 Å². The lowest BCUT2D eigenvalue weighted by atomic mass is 10.1. The fourth-order valence-corrected chi connectivity index (χ4v) is 1.82. The summed E-state index contributed by atoms with van der Waals surface area (Å²) >= 11 is 0.